The molecule has 0 aromatic heterocycles. The maximum atomic E-state index is 12.0. The van der Waals surface area contributed by atoms with Crippen LogP contribution in [0.3, 0.4) is 0 Å². The van der Waals surface area contributed by atoms with E-state index in [1.54, 1.807) is 30.3 Å². The normalized spacial score (nSPS) is 10.2. The van der Waals surface area contributed by atoms with Crippen LogP contribution in [0.5, 0.6) is 5.75 Å². The molecule has 0 radical (unpaired) electrons. The average molecular weight is 320 g/mol. The number of halogens is 1. The van der Waals surface area contributed by atoms with Crippen molar-refractivity contribution < 1.29 is 9.90 Å². The van der Waals surface area contributed by atoms with Crippen LogP contribution in [0.2, 0.25) is 0 Å². The molecule has 2 aromatic carbocycles. The molecule has 0 aliphatic rings. The fourth-order valence-electron chi connectivity index (χ4n) is 1.63. The Morgan fingerprint density at radius 2 is 1.89 bits per heavy atom. The Hall–Kier alpha value is -1.81. The lowest BCUT2D eigenvalue weighted by molar-refractivity contribution is 0.0951. The van der Waals surface area contributed by atoms with Gasteiger partial charge >= 0.3 is 0 Å². The van der Waals surface area contributed by atoms with E-state index in [1.165, 1.54) is 0 Å². The lowest BCUT2D eigenvalue weighted by Crippen LogP contribution is -2.22. The molecule has 19 heavy (non-hydrogen) atoms. The van der Waals surface area contributed by atoms with Crippen molar-refractivity contribution in [3.05, 3.63) is 63.6 Å². The maximum Gasteiger partial charge on any atom is 0.251 e. The van der Waals surface area contributed by atoms with E-state index < -0.39 is 0 Å². The summed E-state index contributed by atoms with van der Waals surface area (Å²) in [5.74, 6) is 0.103. The summed E-state index contributed by atoms with van der Waals surface area (Å²) < 4.78 is 0.921. The minimum Gasteiger partial charge on any atom is -0.508 e. The summed E-state index contributed by atoms with van der Waals surface area (Å²) in [5.41, 5.74) is 2.66. The van der Waals surface area contributed by atoms with E-state index >= 15 is 0 Å². The van der Waals surface area contributed by atoms with Crippen molar-refractivity contribution in [1.82, 2.24) is 5.32 Å². The summed E-state index contributed by atoms with van der Waals surface area (Å²) in [6.45, 7) is 2.41. The van der Waals surface area contributed by atoms with E-state index in [2.05, 4.69) is 21.2 Å². The second kappa shape index (κ2) is 5.89. The number of amides is 1. The molecule has 0 heterocycles. The molecular formula is C15H14BrNO2. The van der Waals surface area contributed by atoms with Gasteiger partial charge in [0.05, 0.1) is 0 Å². The van der Waals surface area contributed by atoms with E-state index in [-0.39, 0.29) is 11.7 Å². The van der Waals surface area contributed by atoms with Gasteiger partial charge in [-0.15, -0.1) is 0 Å². The van der Waals surface area contributed by atoms with E-state index in [0.717, 1.165) is 15.6 Å². The highest BCUT2D eigenvalue weighted by Gasteiger charge is 2.06. The summed E-state index contributed by atoms with van der Waals surface area (Å²) in [5, 5.41) is 12.0. The fourth-order valence-corrected chi connectivity index (χ4v) is 2.01. The molecule has 0 atom stereocenters. The molecule has 0 spiro atoms. The van der Waals surface area contributed by atoms with Crippen LogP contribution in [0, 0.1) is 6.92 Å². The number of aromatic hydroxyl groups is 1. The van der Waals surface area contributed by atoms with Gasteiger partial charge in [-0.05, 0) is 42.3 Å². The van der Waals surface area contributed by atoms with E-state index in [1.807, 2.05) is 19.1 Å². The topological polar surface area (TPSA) is 49.3 Å². The molecule has 0 aliphatic carbocycles. The number of benzene rings is 2. The van der Waals surface area contributed by atoms with E-state index in [4.69, 9.17) is 0 Å². The SMILES string of the molecule is Cc1ccc(C(=O)NCc2ccc(O)cc2)cc1Br. The molecular weight excluding hydrogens is 306 g/mol. The lowest BCUT2D eigenvalue weighted by atomic mass is 10.1. The first kappa shape index (κ1) is 13.6. The summed E-state index contributed by atoms with van der Waals surface area (Å²) >= 11 is 3.41. The molecule has 2 N–H and O–H groups in total. The van der Waals surface area contributed by atoms with Crippen molar-refractivity contribution in [1.29, 1.82) is 0 Å². The first-order valence-corrected chi connectivity index (χ1v) is 6.68. The van der Waals surface area contributed by atoms with Crippen molar-refractivity contribution in [2.45, 2.75) is 13.5 Å². The highest BCUT2D eigenvalue weighted by atomic mass is 79.9. The number of rotatable bonds is 3. The minimum atomic E-state index is -0.117. The molecule has 4 heteroatoms. The first-order valence-electron chi connectivity index (χ1n) is 5.88. The van der Waals surface area contributed by atoms with Gasteiger partial charge in [0.2, 0.25) is 0 Å². The van der Waals surface area contributed by atoms with Crippen LogP contribution in [-0.4, -0.2) is 11.0 Å². The number of phenolic OH excluding ortho intramolecular Hbond substituents is 1. The van der Waals surface area contributed by atoms with Crippen LogP contribution >= 0.6 is 15.9 Å². The summed E-state index contributed by atoms with van der Waals surface area (Å²) in [4.78, 5) is 12.0. The van der Waals surface area contributed by atoms with Crippen LogP contribution < -0.4 is 5.32 Å². The third-order valence-corrected chi connectivity index (χ3v) is 3.68. The molecule has 0 saturated heterocycles. The van der Waals surface area contributed by atoms with Gasteiger partial charge in [0, 0.05) is 16.6 Å². The van der Waals surface area contributed by atoms with Crippen molar-refractivity contribution in [3.8, 4) is 5.75 Å². The number of carbonyl (C=O) groups excluding carboxylic acids is 1. The summed E-state index contributed by atoms with van der Waals surface area (Å²) in [6, 6.07) is 12.3. The largest absolute Gasteiger partial charge is 0.508 e. The molecule has 1 amide bonds. The Labute approximate surface area is 120 Å². The van der Waals surface area contributed by atoms with Crippen molar-refractivity contribution in [3.63, 3.8) is 0 Å². The Bertz CT molecular complexity index is 594. The van der Waals surface area contributed by atoms with Crippen LogP contribution in [0.15, 0.2) is 46.9 Å². The highest BCUT2D eigenvalue weighted by Crippen LogP contribution is 2.17. The van der Waals surface area contributed by atoms with Crippen LogP contribution in [-0.2, 0) is 6.54 Å². The molecule has 0 saturated carbocycles. The molecule has 2 aromatic rings. The van der Waals surface area contributed by atoms with Gasteiger partial charge in [-0.25, -0.2) is 0 Å². The monoisotopic (exact) mass is 319 g/mol. The number of aryl methyl sites for hydroxylation is 1. The number of phenols is 1. The van der Waals surface area contributed by atoms with Gasteiger partial charge in [0.1, 0.15) is 5.75 Å². The Kier molecular flexibility index (Phi) is 4.22. The number of hydrogen-bond acceptors (Lipinski definition) is 2. The summed E-state index contributed by atoms with van der Waals surface area (Å²) in [6.07, 6.45) is 0. The molecule has 2 rings (SSSR count). The average Bonchev–Trinajstić information content (AvgIpc) is 2.41. The van der Waals surface area contributed by atoms with Crippen molar-refractivity contribution in [2.75, 3.05) is 0 Å². The van der Waals surface area contributed by atoms with Crippen LogP contribution in [0.25, 0.3) is 0 Å². The summed E-state index contributed by atoms with van der Waals surface area (Å²) in [7, 11) is 0. The zero-order valence-corrected chi connectivity index (χ0v) is 12.1. The van der Waals surface area contributed by atoms with Crippen LogP contribution in [0.4, 0.5) is 0 Å². The standard InChI is InChI=1S/C15H14BrNO2/c1-10-2-5-12(8-14(10)16)15(19)17-9-11-3-6-13(18)7-4-11/h2-8,18H,9H2,1H3,(H,17,19). The van der Waals surface area contributed by atoms with Crippen molar-refractivity contribution >= 4 is 21.8 Å². The fraction of sp³-hybridized carbons (Fsp3) is 0.133. The smallest absolute Gasteiger partial charge is 0.251 e. The van der Waals surface area contributed by atoms with E-state index in [0.29, 0.717) is 12.1 Å². The Morgan fingerprint density at radius 3 is 2.53 bits per heavy atom. The molecule has 0 unspecified atom stereocenters. The molecule has 0 fully saturated rings. The number of carbonyl (C=O) groups is 1. The zero-order valence-electron chi connectivity index (χ0n) is 10.5. The maximum absolute atomic E-state index is 12.0. The van der Waals surface area contributed by atoms with E-state index in [9.17, 15) is 9.90 Å². The zero-order chi connectivity index (χ0) is 13.8. The number of hydrogen-bond donors (Lipinski definition) is 2. The second-order valence-electron chi connectivity index (χ2n) is 4.31. The molecule has 98 valence electrons. The molecule has 0 aliphatic heterocycles. The minimum absolute atomic E-state index is 0.117. The highest BCUT2D eigenvalue weighted by molar-refractivity contribution is 9.10. The quantitative estimate of drug-likeness (QED) is 0.911. The predicted octanol–water partition coefficient (Wildman–Crippen LogP) is 3.39. The van der Waals surface area contributed by atoms with Gasteiger partial charge in [0.25, 0.3) is 5.91 Å². The first-order chi connectivity index (χ1) is 9.06. The predicted molar refractivity (Wildman–Crippen MR) is 78.2 cm³/mol. The Balaban J connectivity index is 2.01. The van der Waals surface area contributed by atoms with Gasteiger partial charge in [-0.2, -0.15) is 0 Å². The molecule has 3 nitrogen and oxygen atoms in total. The lowest BCUT2D eigenvalue weighted by Gasteiger charge is -2.07. The van der Waals surface area contributed by atoms with Gasteiger partial charge in [0.15, 0.2) is 0 Å². The van der Waals surface area contributed by atoms with Crippen LogP contribution in [0.1, 0.15) is 21.5 Å². The Morgan fingerprint density at radius 1 is 1.21 bits per heavy atom. The van der Waals surface area contributed by atoms with Gasteiger partial charge < -0.3 is 10.4 Å². The molecule has 0 bridgehead atoms. The van der Waals surface area contributed by atoms with Gasteiger partial charge in [-0.3, -0.25) is 4.79 Å². The number of nitrogens with one attached hydrogen (secondary N) is 1. The third kappa shape index (κ3) is 3.58. The van der Waals surface area contributed by atoms with Crippen molar-refractivity contribution in [2.24, 2.45) is 0 Å². The second-order valence-corrected chi connectivity index (χ2v) is 5.17. The third-order valence-electron chi connectivity index (χ3n) is 2.82. The van der Waals surface area contributed by atoms with Gasteiger partial charge in [-0.1, -0.05) is 34.1 Å².